The van der Waals surface area contributed by atoms with Gasteiger partial charge >= 0.3 is 0 Å². The normalized spacial score (nSPS) is 19.0. The van der Waals surface area contributed by atoms with Crippen LogP contribution in [0.1, 0.15) is 72.3 Å². The number of thiophene rings is 1. The van der Waals surface area contributed by atoms with Crippen LogP contribution in [0.3, 0.4) is 0 Å². The largest absolute Gasteiger partial charge is 0.328 e. The third kappa shape index (κ3) is 2.73. The van der Waals surface area contributed by atoms with Gasteiger partial charge in [-0.1, -0.05) is 6.92 Å². The molecule has 3 heterocycles. The molecule has 2 aliphatic rings. The van der Waals surface area contributed by atoms with E-state index in [9.17, 15) is 9.59 Å². The Kier molecular flexibility index (Phi) is 4.02. The summed E-state index contributed by atoms with van der Waals surface area (Å²) in [6, 6.07) is 3.56. The monoisotopic (exact) mass is 396 g/mol. The van der Waals surface area contributed by atoms with E-state index in [-0.39, 0.29) is 22.8 Å². The molecule has 0 bridgehead atoms. The number of nitrogens with zero attached hydrogens (tertiary/aromatic N) is 2. The van der Waals surface area contributed by atoms with Crippen molar-refractivity contribution >= 4 is 28.2 Å². The van der Waals surface area contributed by atoms with Crippen LogP contribution in [0.25, 0.3) is 21.6 Å². The molecule has 0 N–H and O–H groups in total. The van der Waals surface area contributed by atoms with Crippen LogP contribution in [0.15, 0.2) is 23.1 Å². The molecule has 2 aliphatic carbocycles. The van der Waals surface area contributed by atoms with Crippen LogP contribution < -0.4 is 5.43 Å². The minimum absolute atomic E-state index is 0.105. The van der Waals surface area contributed by atoms with E-state index >= 15 is 4.39 Å². The number of Topliss-reactive ketones (excluding diaryl/α,β-unsaturated/α-hetero) is 1. The van der Waals surface area contributed by atoms with Crippen LogP contribution in [-0.4, -0.2) is 15.3 Å². The summed E-state index contributed by atoms with van der Waals surface area (Å²) in [5.41, 5.74) is 1.76. The van der Waals surface area contributed by atoms with Crippen molar-refractivity contribution in [3.05, 3.63) is 50.4 Å². The summed E-state index contributed by atoms with van der Waals surface area (Å²) >= 11 is 1.62. The molecule has 1 unspecified atom stereocenters. The summed E-state index contributed by atoms with van der Waals surface area (Å²) in [5, 5.41) is 0.190. The second-order valence-electron chi connectivity index (χ2n) is 8.05. The predicted octanol–water partition coefficient (Wildman–Crippen LogP) is 5.24. The van der Waals surface area contributed by atoms with Crippen molar-refractivity contribution in [2.45, 2.75) is 57.9 Å². The number of rotatable bonds is 3. The number of hydrogen-bond acceptors (Lipinski definition) is 4. The van der Waals surface area contributed by atoms with E-state index in [2.05, 4.69) is 18.0 Å². The first-order valence-electron chi connectivity index (χ1n) is 9.83. The number of carbonyl (C=O) groups is 1. The van der Waals surface area contributed by atoms with Gasteiger partial charge in [0.05, 0.1) is 15.8 Å². The number of aryl methyl sites for hydroxylation is 1. The van der Waals surface area contributed by atoms with E-state index < -0.39 is 11.2 Å². The topological polar surface area (TPSA) is 52.0 Å². The lowest BCUT2D eigenvalue weighted by Gasteiger charge is -2.17. The molecule has 5 rings (SSSR count). The summed E-state index contributed by atoms with van der Waals surface area (Å²) in [6.07, 6.45) is 6.92. The number of ketones is 1. The summed E-state index contributed by atoms with van der Waals surface area (Å²) in [5.74, 6) is -0.307. The zero-order valence-electron chi connectivity index (χ0n) is 15.9. The fourth-order valence-corrected chi connectivity index (χ4v) is 5.49. The molecule has 0 aliphatic heterocycles. The molecule has 3 aromatic rings. The first kappa shape index (κ1) is 17.7. The fourth-order valence-electron chi connectivity index (χ4n) is 4.20. The number of hydrogen-bond donors (Lipinski definition) is 0. The van der Waals surface area contributed by atoms with Gasteiger partial charge in [-0.15, -0.1) is 11.3 Å². The summed E-state index contributed by atoms with van der Waals surface area (Å²) in [7, 11) is 0. The van der Waals surface area contributed by atoms with Gasteiger partial charge < -0.3 is 4.57 Å². The molecule has 0 saturated heterocycles. The van der Waals surface area contributed by atoms with Crippen molar-refractivity contribution in [2.75, 3.05) is 0 Å². The van der Waals surface area contributed by atoms with Crippen molar-refractivity contribution < 1.29 is 9.18 Å². The van der Waals surface area contributed by atoms with E-state index in [4.69, 9.17) is 0 Å². The van der Waals surface area contributed by atoms with Crippen LogP contribution in [0, 0.1) is 5.82 Å². The zero-order chi connectivity index (χ0) is 19.6. The molecule has 0 aromatic carbocycles. The van der Waals surface area contributed by atoms with Crippen molar-refractivity contribution in [1.82, 2.24) is 9.55 Å². The smallest absolute Gasteiger partial charge is 0.201 e. The molecular weight excluding hydrogens is 375 g/mol. The standard InChI is InChI=1S/C22H21FN2O2S/c1-11-4-3-5-13-8-18(28-21(11)13)19-17(23)9-15-20(27)16(12(2)26)10-25(14-6-7-14)22(15)24-19/h8-11,14H,3-7H2,1-2H3. The highest BCUT2D eigenvalue weighted by atomic mass is 32.1. The number of aromatic nitrogens is 2. The molecule has 144 valence electrons. The molecule has 6 heteroatoms. The van der Waals surface area contributed by atoms with Gasteiger partial charge in [0.25, 0.3) is 0 Å². The molecule has 0 amide bonds. The fraction of sp³-hybridized carbons (Fsp3) is 0.409. The number of fused-ring (bicyclic) bond motifs is 2. The third-order valence-corrected chi connectivity index (χ3v) is 7.30. The first-order valence-corrected chi connectivity index (χ1v) is 10.6. The predicted molar refractivity (Wildman–Crippen MR) is 109 cm³/mol. The first-order chi connectivity index (χ1) is 13.4. The van der Waals surface area contributed by atoms with E-state index in [0.29, 0.717) is 17.3 Å². The second kappa shape index (κ2) is 6.34. The van der Waals surface area contributed by atoms with Gasteiger partial charge in [-0.25, -0.2) is 9.37 Å². The Bertz CT molecular complexity index is 1190. The van der Waals surface area contributed by atoms with Gasteiger partial charge in [0.15, 0.2) is 11.6 Å². The molecule has 1 saturated carbocycles. The molecule has 0 radical (unpaired) electrons. The highest BCUT2D eigenvalue weighted by molar-refractivity contribution is 7.15. The Morgan fingerprint density at radius 1 is 1.29 bits per heavy atom. The quantitative estimate of drug-likeness (QED) is 0.569. The van der Waals surface area contributed by atoms with Gasteiger partial charge in [0, 0.05) is 17.1 Å². The maximum Gasteiger partial charge on any atom is 0.201 e. The van der Waals surface area contributed by atoms with Crippen LogP contribution in [-0.2, 0) is 6.42 Å². The Morgan fingerprint density at radius 2 is 2.07 bits per heavy atom. The molecule has 1 atom stereocenters. The van der Waals surface area contributed by atoms with Crippen molar-refractivity contribution in [1.29, 1.82) is 0 Å². The molecule has 3 aromatic heterocycles. The van der Waals surface area contributed by atoms with Gasteiger partial charge in [0.2, 0.25) is 5.43 Å². The maximum absolute atomic E-state index is 15.0. The Morgan fingerprint density at radius 3 is 2.75 bits per heavy atom. The van der Waals surface area contributed by atoms with Crippen LogP contribution in [0.4, 0.5) is 4.39 Å². The number of carbonyl (C=O) groups excluding carboxylic acids is 1. The highest BCUT2D eigenvalue weighted by Crippen LogP contribution is 2.42. The average Bonchev–Trinajstić information content (AvgIpc) is 3.40. The van der Waals surface area contributed by atoms with Gasteiger partial charge in [0.1, 0.15) is 11.3 Å². The van der Waals surface area contributed by atoms with E-state index in [1.807, 2.05) is 4.57 Å². The molecule has 4 nitrogen and oxygen atoms in total. The van der Waals surface area contributed by atoms with Crippen molar-refractivity contribution in [3.63, 3.8) is 0 Å². The minimum Gasteiger partial charge on any atom is -0.328 e. The van der Waals surface area contributed by atoms with Gasteiger partial charge in [-0.3, -0.25) is 9.59 Å². The minimum atomic E-state index is -0.501. The molecule has 0 spiro atoms. The lowest BCUT2D eigenvalue weighted by atomic mass is 9.91. The number of pyridine rings is 2. The van der Waals surface area contributed by atoms with E-state index in [1.165, 1.54) is 23.4 Å². The van der Waals surface area contributed by atoms with Crippen molar-refractivity contribution in [2.24, 2.45) is 0 Å². The summed E-state index contributed by atoms with van der Waals surface area (Å²) in [4.78, 5) is 31.4. The lowest BCUT2D eigenvalue weighted by molar-refractivity contribution is 0.101. The van der Waals surface area contributed by atoms with Crippen LogP contribution in [0.5, 0.6) is 0 Å². The highest BCUT2D eigenvalue weighted by Gasteiger charge is 2.28. The summed E-state index contributed by atoms with van der Waals surface area (Å²) < 4.78 is 16.9. The van der Waals surface area contributed by atoms with Crippen LogP contribution >= 0.6 is 11.3 Å². The van der Waals surface area contributed by atoms with E-state index in [1.54, 1.807) is 17.5 Å². The average molecular weight is 396 g/mol. The zero-order valence-corrected chi connectivity index (χ0v) is 16.7. The van der Waals surface area contributed by atoms with E-state index in [0.717, 1.165) is 37.0 Å². The Labute approximate surface area is 166 Å². The molecular formula is C22H21FN2O2S. The van der Waals surface area contributed by atoms with Gasteiger partial charge in [-0.05, 0) is 62.6 Å². The lowest BCUT2D eigenvalue weighted by Crippen LogP contribution is -2.18. The molecule has 1 fully saturated rings. The Balaban J connectivity index is 1.75. The Hall–Kier alpha value is -2.34. The SMILES string of the molecule is CC(=O)c1cn(C2CC2)c2nc(-c3cc4c(s3)C(C)CCC4)c(F)cc2c1=O. The molecule has 28 heavy (non-hydrogen) atoms. The third-order valence-electron chi connectivity index (χ3n) is 5.88. The van der Waals surface area contributed by atoms with Gasteiger partial charge in [-0.2, -0.15) is 0 Å². The summed E-state index contributed by atoms with van der Waals surface area (Å²) in [6.45, 7) is 3.59. The maximum atomic E-state index is 15.0. The van der Waals surface area contributed by atoms with Crippen LogP contribution in [0.2, 0.25) is 0 Å². The number of halogens is 1. The van der Waals surface area contributed by atoms with Crippen molar-refractivity contribution in [3.8, 4) is 10.6 Å². The second-order valence-corrected chi connectivity index (χ2v) is 9.13.